The molecule has 0 atom stereocenters. The van der Waals surface area contributed by atoms with Crippen molar-refractivity contribution < 1.29 is 4.79 Å². The summed E-state index contributed by atoms with van der Waals surface area (Å²) in [5.74, 6) is -0.407. The number of rotatable bonds is 9. The highest BCUT2D eigenvalue weighted by Crippen LogP contribution is 2.23. The molecule has 0 heterocycles. The first-order valence-corrected chi connectivity index (χ1v) is 10.2. The molecule has 0 aliphatic rings. The Morgan fingerprint density at radius 2 is 1.59 bits per heavy atom. The van der Waals surface area contributed by atoms with Gasteiger partial charge in [-0.2, -0.15) is 5.26 Å². The van der Waals surface area contributed by atoms with Gasteiger partial charge in [0.25, 0.3) is 5.91 Å². The molecule has 0 unspecified atom stereocenters. The lowest BCUT2D eigenvalue weighted by Gasteiger charge is -2.21. The molecular weight excluding hydrogens is 360 g/mol. The van der Waals surface area contributed by atoms with Gasteiger partial charge < -0.3 is 15.5 Å². The van der Waals surface area contributed by atoms with Crippen molar-refractivity contribution in [2.45, 2.75) is 40.5 Å². The van der Waals surface area contributed by atoms with Crippen LogP contribution in [0.5, 0.6) is 0 Å². The minimum atomic E-state index is -0.407. The molecule has 0 aliphatic carbocycles. The molecule has 0 radical (unpaired) electrons. The van der Waals surface area contributed by atoms with E-state index in [1.807, 2.05) is 48.5 Å². The number of hydrogen-bond acceptors (Lipinski definition) is 4. The van der Waals surface area contributed by atoms with Crippen LogP contribution >= 0.6 is 0 Å². The number of anilines is 3. The highest BCUT2D eigenvalue weighted by atomic mass is 16.1. The zero-order valence-electron chi connectivity index (χ0n) is 17.7. The fourth-order valence-corrected chi connectivity index (χ4v) is 3.25. The molecule has 0 saturated carbocycles. The van der Waals surface area contributed by atoms with E-state index in [2.05, 4.69) is 43.2 Å². The standard InChI is InChI=1S/C24H30N4O/c1-5-18-10-9-11-19(6-2)23(18)27-24(29)20(16-25)17-26-21-12-14-22(15-13-21)28(7-3)8-4/h9-15,17,26H,5-8H2,1-4H3,(H,27,29)/b20-17-. The average molecular weight is 391 g/mol. The third-order valence-electron chi connectivity index (χ3n) is 4.98. The molecule has 0 aliphatic heterocycles. The van der Waals surface area contributed by atoms with Crippen molar-refractivity contribution >= 4 is 23.0 Å². The largest absolute Gasteiger partial charge is 0.372 e. The Labute approximate surface area is 174 Å². The summed E-state index contributed by atoms with van der Waals surface area (Å²) >= 11 is 0. The highest BCUT2D eigenvalue weighted by Gasteiger charge is 2.14. The molecule has 0 spiro atoms. The van der Waals surface area contributed by atoms with E-state index in [0.717, 1.165) is 54.1 Å². The van der Waals surface area contributed by atoms with Gasteiger partial charge in [-0.05, 0) is 62.1 Å². The van der Waals surface area contributed by atoms with Crippen molar-refractivity contribution in [3.05, 3.63) is 65.4 Å². The monoisotopic (exact) mass is 390 g/mol. The van der Waals surface area contributed by atoms with Gasteiger partial charge >= 0.3 is 0 Å². The summed E-state index contributed by atoms with van der Waals surface area (Å²) in [6.07, 6.45) is 3.08. The van der Waals surface area contributed by atoms with E-state index in [-0.39, 0.29) is 5.57 Å². The molecule has 2 N–H and O–H groups in total. The predicted octanol–water partition coefficient (Wildman–Crippen LogP) is 5.12. The number of amides is 1. The van der Waals surface area contributed by atoms with E-state index in [1.54, 1.807) is 0 Å². The molecule has 152 valence electrons. The number of nitriles is 1. The molecule has 0 saturated heterocycles. The molecule has 2 rings (SSSR count). The van der Waals surface area contributed by atoms with Gasteiger partial charge in [-0.25, -0.2) is 0 Å². The van der Waals surface area contributed by atoms with Crippen LogP contribution in [0.1, 0.15) is 38.8 Å². The van der Waals surface area contributed by atoms with E-state index in [9.17, 15) is 10.1 Å². The van der Waals surface area contributed by atoms with Crippen molar-refractivity contribution in [1.82, 2.24) is 0 Å². The maximum atomic E-state index is 12.7. The second kappa shape index (κ2) is 10.9. The quantitative estimate of drug-likeness (QED) is 0.461. The Kier molecular flexibility index (Phi) is 8.29. The van der Waals surface area contributed by atoms with Crippen molar-refractivity contribution in [3.8, 4) is 6.07 Å². The van der Waals surface area contributed by atoms with Crippen LogP contribution in [-0.4, -0.2) is 19.0 Å². The van der Waals surface area contributed by atoms with E-state index < -0.39 is 5.91 Å². The normalized spacial score (nSPS) is 10.9. The van der Waals surface area contributed by atoms with Crippen molar-refractivity contribution in [2.75, 3.05) is 28.6 Å². The fourth-order valence-electron chi connectivity index (χ4n) is 3.25. The fraction of sp³-hybridized carbons (Fsp3) is 0.333. The summed E-state index contributed by atoms with van der Waals surface area (Å²) < 4.78 is 0. The van der Waals surface area contributed by atoms with Crippen LogP contribution in [0, 0.1) is 11.3 Å². The van der Waals surface area contributed by atoms with Crippen molar-refractivity contribution in [3.63, 3.8) is 0 Å². The highest BCUT2D eigenvalue weighted by molar-refractivity contribution is 6.07. The molecular formula is C24H30N4O. The van der Waals surface area contributed by atoms with E-state index >= 15 is 0 Å². The van der Waals surface area contributed by atoms with E-state index in [4.69, 9.17) is 0 Å². The van der Waals surface area contributed by atoms with Crippen LogP contribution in [0.15, 0.2) is 54.2 Å². The van der Waals surface area contributed by atoms with Gasteiger partial charge in [0.05, 0.1) is 0 Å². The van der Waals surface area contributed by atoms with Gasteiger partial charge in [0, 0.05) is 36.4 Å². The Bertz CT molecular complexity index is 868. The lowest BCUT2D eigenvalue weighted by atomic mass is 10.0. The number of benzene rings is 2. The van der Waals surface area contributed by atoms with E-state index in [1.165, 1.54) is 6.20 Å². The summed E-state index contributed by atoms with van der Waals surface area (Å²) in [4.78, 5) is 14.9. The summed E-state index contributed by atoms with van der Waals surface area (Å²) in [6, 6.07) is 15.9. The molecule has 1 amide bonds. The molecule has 0 fully saturated rings. The van der Waals surface area contributed by atoms with Gasteiger partial charge in [-0.1, -0.05) is 32.0 Å². The van der Waals surface area contributed by atoms with Crippen LogP contribution in [-0.2, 0) is 17.6 Å². The SMILES string of the molecule is CCc1cccc(CC)c1NC(=O)/C(C#N)=C\Nc1ccc(N(CC)CC)cc1. The average Bonchev–Trinajstić information content (AvgIpc) is 2.76. The second-order valence-corrected chi connectivity index (χ2v) is 6.65. The summed E-state index contributed by atoms with van der Waals surface area (Å²) in [5.41, 5.74) is 4.94. The maximum Gasteiger partial charge on any atom is 0.267 e. The lowest BCUT2D eigenvalue weighted by Crippen LogP contribution is -2.21. The van der Waals surface area contributed by atoms with Gasteiger partial charge in [0.2, 0.25) is 0 Å². The molecule has 2 aromatic rings. The van der Waals surface area contributed by atoms with Crippen LogP contribution in [0.4, 0.5) is 17.1 Å². The number of hydrogen-bond donors (Lipinski definition) is 2. The molecule has 5 heteroatoms. The van der Waals surface area contributed by atoms with Crippen LogP contribution in [0.2, 0.25) is 0 Å². The Morgan fingerprint density at radius 1 is 1.00 bits per heavy atom. The van der Waals surface area contributed by atoms with Crippen LogP contribution < -0.4 is 15.5 Å². The summed E-state index contributed by atoms with van der Waals surface area (Å²) in [6.45, 7) is 10.2. The van der Waals surface area contributed by atoms with Gasteiger partial charge in [-0.15, -0.1) is 0 Å². The topological polar surface area (TPSA) is 68.2 Å². The molecule has 29 heavy (non-hydrogen) atoms. The number of nitrogens with one attached hydrogen (secondary N) is 2. The third-order valence-corrected chi connectivity index (χ3v) is 4.98. The van der Waals surface area contributed by atoms with Crippen molar-refractivity contribution in [1.29, 1.82) is 5.26 Å². The van der Waals surface area contributed by atoms with E-state index in [0.29, 0.717) is 0 Å². The first-order chi connectivity index (χ1) is 14.1. The van der Waals surface area contributed by atoms with Crippen molar-refractivity contribution in [2.24, 2.45) is 0 Å². The van der Waals surface area contributed by atoms with Gasteiger partial charge in [0.1, 0.15) is 11.6 Å². The smallest absolute Gasteiger partial charge is 0.267 e. The molecule has 2 aromatic carbocycles. The summed E-state index contributed by atoms with van der Waals surface area (Å²) in [5, 5.41) is 15.4. The molecule has 0 aromatic heterocycles. The first-order valence-electron chi connectivity index (χ1n) is 10.2. The minimum absolute atomic E-state index is 0.0331. The number of para-hydroxylation sites is 1. The number of carbonyl (C=O) groups excluding carboxylic acids is 1. The maximum absolute atomic E-state index is 12.7. The lowest BCUT2D eigenvalue weighted by molar-refractivity contribution is -0.112. The number of aryl methyl sites for hydroxylation is 2. The second-order valence-electron chi connectivity index (χ2n) is 6.65. The Hall–Kier alpha value is -3.26. The third kappa shape index (κ3) is 5.61. The van der Waals surface area contributed by atoms with Crippen LogP contribution in [0.3, 0.4) is 0 Å². The van der Waals surface area contributed by atoms with Gasteiger partial charge in [-0.3, -0.25) is 4.79 Å². The summed E-state index contributed by atoms with van der Waals surface area (Å²) in [7, 11) is 0. The van der Waals surface area contributed by atoms with Crippen LogP contribution in [0.25, 0.3) is 0 Å². The zero-order chi connectivity index (χ0) is 21.2. The van der Waals surface area contributed by atoms with Gasteiger partial charge in [0.15, 0.2) is 0 Å². The predicted molar refractivity (Wildman–Crippen MR) is 121 cm³/mol. The number of carbonyl (C=O) groups is 1. The number of nitrogens with zero attached hydrogens (tertiary/aromatic N) is 2. The first kappa shape index (κ1) is 22.0. The Balaban J connectivity index is 2.14. The molecule has 0 bridgehead atoms. The zero-order valence-corrected chi connectivity index (χ0v) is 17.7. The Morgan fingerprint density at radius 3 is 2.07 bits per heavy atom. The molecule has 5 nitrogen and oxygen atoms in total. The minimum Gasteiger partial charge on any atom is -0.372 e.